The van der Waals surface area contributed by atoms with E-state index in [1.54, 1.807) is 18.3 Å². The van der Waals surface area contributed by atoms with E-state index in [1.807, 2.05) is 20.8 Å². The van der Waals surface area contributed by atoms with E-state index in [-0.39, 0.29) is 6.54 Å². The fourth-order valence-electron chi connectivity index (χ4n) is 1.85. The third kappa shape index (κ3) is 4.23. The lowest BCUT2D eigenvalue weighted by Crippen LogP contribution is -2.29. The summed E-state index contributed by atoms with van der Waals surface area (Å²) in [5.41, 5.74) is 0.859. The Morgan fingerprint density at radius 3 is 2.62 bits per heavy atom. The second-order valence-corrected chi connectivity index (χ2v) is 7.82. The van der Waals surface area contributed by atoms with Crippen LogP contribution >= 0.6 is 11.3 Å². The zero-order chi connectivity index (χ0) is 15.5. The highest BCUT2D eigenvalue weighted by Gasteiger charge is 2.18. The van der Waals surface area contributed by atoms with Gasteiger partial charge in [0.1, 0.15) is 0 Å². The summed E-state index contributed by atoms with van der Waals surface area (Å²) in [4.78, 5) is 10.4. The lowest BCUT2D eigenvalue weighted by Gasteiger charge is -2.07. The van der Waals surface area contributed by atoms with E-state index in [1.165, 1.54) is 11.3 Å². The molecular weight excluding hydrogens is 308 g/mol. The number of aromatic nitrogens is 2. The van der Waals surface area contributed by atoms with Crippen molar-refractivity contribution in [2.24, 2.45) is 0 Å². The number of rotatable bonds is 6. The van der Waals surface area contributed by atoms with Gasteiger partial charge in [0.2, 0.25) is 16.0 Å². The molecule has 0 saturated carbocycles. The van der Waals surface area contributed by atoms with Crippen LogP contribution < -0.4 is 10.0 Å². The van der Waals surface area contributed by atoms with Gasteiger partial charge in [-0.2, -0.15) is 0 Å². The molecule has 2 aromatic rings. The summed E-state index contributed by atoms with van der Waals surface area (Å²) in [5, 5.41) is 2.98. The number of nitrogens with zero attached hydrogens (tertiary/aromatic N) is 2. The Hall–Kier alpha value is -1.51. The van der Waals surface area contributed by atoms with Gasteiger partial charge in [-0.15, -0.1) is 11.3 Å². The van der Waals surface area contributed by atoms with Crippen molar-refractivity contribution in [2.75, 3.05) is 18.4 Å². The molecular formula is C13H18N4O2S2. The number of sulfonamides is 1. The highest BCUT2D eigenvalue weighted by atomic mass is 32.2. The molecule has 0 aliphatic carbocycles. The van der Waals surface area contributed by atoms with Gasteiger partial charge in [0.15, 0.2) is 0 Å². The van der Waals surface area contributed by atoms with E-state index < -0.39 is 10.0 Å². The Bertz CT molecular complexity index is 726. The summed E-state index contributed by atoms with van der Waals surface area (Å²) in [6.07, 6.45) is 1.66. The van der Waals surface area contributed by atoms with Crippen LogP contribution in [0.2, 0.25) is 0 Å². The quantitative estimate of drug-likeness (QED) is 0.792. The summed E-state index contributed by atoms with van der Waals surface area (Å²) >= 11 is 1.48. The van der Waals surface area contributed by atoms with Gasteiger partial charge in [-0.1, -0.05) is 0 Å². The molecule has 0 radical (unpaired) electrons. The van der Waals surface area contributed by atoms with Crippen molar-refractivity contribution in [1.82, 2.24) is 14.7 Å². The lowest BCUT2D eigenvalue weighted by molar-refractivity contribution is 0.582. The molecule has 0 fully saturated rings. The molecule has 2 rings (SSSR count). The first-order chi connectivity index (χ1) is 9.88. The van der Waals surface area contributed by atoms with Gasteiger partial charge in [0.05, 0.1) is 4.90 Å². The molecule has 0 atom stereocenters. The maximum absolute atomic E-state index is 12.2. The zero-order valence-electron chi connectivity index (χ0n) is 12.2. The number of anilines is 1. The molecule has 0 aliphatic rings. The van der Waals surface area contributed by atoms with Gasteiger partial charge in [0, 0.05) is 34.7 Å². The summed E-state index contributed by atoms with van der Waals surface area (Å²) in [5.74, 6) is 0.497. The molecule has 8 heteroatoms. The van der Waals surface area contributed by atoms with Crippen molar-refractivity contribution in [3.63, 3.8) is 0 Å². The first-order valence-corrected chi connectivity index (χ1v) is 8.78. The Balaban J connectivity index is 1.89. The molecule has 6 nitrogen and oxygen atoms in total. The molecule has 0 amide bonds. The number of thiophene rings is 1. The average Bonchev–Trinajstić information content (AvgIpc) is 2.75. The zero-order valence-corrected chi connectivity index (χ0v) is 13.8. The standard InChI is InChI=1S/C13H18N4O2S2/c1-9-4-5-14-13(17-9)15-6-7-16-21(18,19)12-8-10(2)20-11(12)3/h4-5,8,16H,6-7H2,1-3H3,(H,14,15,17). The fraction of sp³-hybridized carbons (Fsp3) is 0.385. The smallest absolute Gasteiger partial charge is 0.241 e. The van der Waals surface area contributed by atoms with Gasteiger partial charge < -0.3 is 5.32 Å². The van der Waals surface area contributed by atoms with E-state index in [2.05, 4.69) is 20.0 Å². The first-order valence-electron chi connectivity index (χ1n) is 6.49. The Morgan fingerprint density at radius 1 is 1.24 bits per heavy atom. The number of nitrogens with one attached hydrogen (secondary N) is 2. The minimum atomic E-state index is -3.45. The third-order valence-electron chi connectivity index (χ3n) is 2.78. The summed E-state index contributed by atoms with van der Waals surface area (Å²) in [7, 11) is -3.45. The summed E-state index contributed by atoms with van der Waals surface area (Å²) in [6, 6.07) is 3.50. The monoisotopic (exact) mass is 326 g/mol. The normalized spacial score (nSPS) is 11.6. The van der Waals surface area contributed by atoms with Crippen LogP contribution in [0.4, 0.5) is 5.95 Å². The van der Waals surface area contributed by atoms with E-state index in [0.717, 1.165) is 15.4 Å². The van der Waals surface area contributed by atoms with Gasteiger partial charge in [-0.05, 0) is 32.9 Å². The van der Waals surface area contributed by atoms with E-state index >= 15 is 0 Å². The second kappa shape index (κ2) is 6.50. The van der Waals surface area contributed by atoms with E-state index in [4.69, 9.17) is 0 Å². The number of hydrogen-bond acceptors (Lipinski definition) is 6. The Morgan fingerprint density at radius 2 is 2.00 bits per heavy atom. The van der Waals surface area contributed by atoms with Gasteiger partial charge in [-0.3, -0.25) is 0 Å². The number of hydrogen-bond donors (Lipinski definition) is 2. The Kier molecular flexibility index (Phi) is 4.92. The maximum atomic E-state index is 12.2. The van der Waals surface area contributed by atoms with Crippen LogP contribution in [0.3, 0.4) is 0 Å². The molecule has 0 aromatic carbocycles. The van der Waals surface area contributed by atoms with Crippen LogP contribution in [-0.4, -0.2) is 31.5 Å². The molecule has 2 N–H and O–H groups in total. The SMILES string of the molecule is Cc1ccnc(NCCNS(=O)(=O)c2cc(C)sc2C)n1. The molecule has 2 aromatic heterocycles. The average molecular weight is 326 g/mol. The lowest BCUT2D eigenvalue weighted by atomic mass is 10.4. The fourth-order valence-corrected chi connectivity index (χ4v) is 4.43. The first kappa shape index (κ1) is 15.9. The number of aryl methyl sites for hydroxylation is 3. The molecule has 0 saturated heterocycles. The van der Waals surface area contributed by atoms with E-state index in [9.17, 15) is 8.42 Å². The minimum absolute atomic E-state index is 0.272. The highest BCUT2D eigenvalue weighted by molar-refractivity contribution is 7.89. The van der Waals surface area contributed by atoms with Crippen LogP contribution in [0.5, 0.6) is 0 Å². The third-order valence-corrected chi connectivity index (χ3v) is 5.46. The van der Waals surface area contributed by atoms with Gasteiger partial charge in [0.25, 0.3) is 0 Å². The molecule has 114 valence electrons. The van der Waals surface area contributed by atoms with Crippen molar-refractivity contribution < 1.29 is 8.42 Å². The molecule has 0 unspecified atom stereocenters. The van der Waals surface area contributed by atoms with Gasteiger partial charge in [-0.25, -0.2) is 23.1 Å². The van der Waals surface area contributed by atoms with Crippen LogP contribution in [0.25, 0.3) is 0 Å². The minimum Gasteiger partial charge on any atom is -0.353 e. The molecule has 0 spiro atoms. The van der Waals surface area contributed by atoms with Crippen molar-refractivity contribution in [3.8, 4) is 0 Å². The van der Waals surface area contributed by atoms with Crippen LogP contribution in [0.1, 0.15) is 15.4 Å². The summed E-state index contributed by atoms with van der Waals surface area (Å²) in [6.45, 7) is 6.27. The summed E-state index contributed by atoms with van der Waals surface area (Å²) < 4.78 is 26.9. The highest BCUT2D eigenvalue weighted by Crippen LogP contribution is 2.24. The predicted molar refractivity (Wildman–Crippen MR) is 84.2 cm³/mol. The molecule has 0 bridgehead atoms. The van der Waals surface area contributed by atoms with Crippen molar-refractivity contribution >= 4 is 27.3 Å². The van der Waals surface area contributed by atoms with Crippen molar-refractivity contribution in [3.05, 3.63) is 33.8 Å². The van der Waals surface area contributed by atoms with Gasteiger partial charge >= 0.3 is 0 Å². The largest absolute Gasteiger partial charge is 0.353 e. The maximum Gasteiger partial charge on any atom is 0.241 e. The molecule has 0 aliphatic heterocycles. The predicted octanol–water partition coefficient (Wildman–Crippen LogP) is 1.85. The topological polar surface area (TPSA) is 84.0 Å². The molecule has 2 heterocycles. The van der Waals surface area contributed by atoms with E-state index in [0.29, 0.717) is 17.4 Å². The Labute approximate surface area is 128 Å². The second-order valence-electron chi connectivity index (χ2n) is 4.62. The van der Waals surface area contributed by atoms with Crippen LogP contribution in [-0.2, 0) is 10.0 Å². The molecule has 21 heavy (non-hydrogen) atoms. The van der Waals surface area contributed by atoms with Crippen molar-refractivity contribution in [2.45, 2.75) is 25.7 Å². The van der Waals surface area contributed by atoms with Crippen molar-refractivity contribution in [1.29, 1.82) is 0 Å². The van der Waals surface area contributed by atoms with Crippen LogP contribution in [0, 0.1) is 20.8 Å². The van der Waals surface area contributed by atoms with Crippen LogP contribution in [0.15, 0.2) is 23.2 Å².